The largest absolute Gasteiger partial charge is 0.228 e. The Morgan fingerprint density at radius 2 is 2.08 bits per heavy atom. The van der Waals surface area contributed by atoms with Crippen molar-refractivity contribution < 1.29 is 0 Å². The fourth-order valence-corrected chi connectivity index (χ4v) is 1.83. The summed E-state index contributed by atoms with van der Waals surface area (Å²) in [5.74, 6) is 0. The van der Waals surface area contributed by atoms with E-state index in [1.165, 1.54) is 0 Å². The van der Waals surface area contributed by atoms with Gasteiger partial charge in [-0.2, -0.15) is 0 Å². The van der Waals surface area contributed by atoms with E-state index in [0.29, 0.717) is 10.4 Å². The van der Waals surface area contributed by atoms with Gasteiger partial charge in [0, 0.05) is 10.9 Å². The molecular weight excluding hydrogens is 192 g/mol. The van der Waals surface area contributed by atoms with Crippen LogP contribution in [0.15, 0.2) is 11.2 Å². The van der Waals surface area contributed by atoms with Crippen molar-refractivity contribution in [3.63, 3.8) is 0 Å². The molecule has 12 heavy (non-hydrogen) atoms. The Morgan fingerprint density at radius 3 is 2.58 bits per heavy atom. The molecule has 0 unspecified atom stereocenters. The number of aromatic nitrogens is 2. The zero-order chi connectivity index (χ0) is 9.14. The minimum absolute atomic E-state index is 0.489. The molecule has 0 amide bonds. The summed E-state index contributed by atoms with van der Waals surface area (Å²) in [5, 5.41) is 1.77. The Labute approximate surface area is 81.8 Å². The standard InChI is InChI=1S/C8H11ClN2S/c1-5(2)12-8-10-6(3)4-7(9)11-8/h4-5H,1-3H3. The van der Waals surface area contributed by atoms with Gasteiger partial charge in [0.15, 0.2) is 5.16 Å². The van der Waals surface area contributed by atoms with Gasteiger partial charge in [-0.3, -0.25) is 0 Å². The van der Waals surface area contributed by atoms with E-state index in [4.69, 9.17) is 11.6 Å². The van der Waals surface area contributed by atoms with Gasteiger partial charge in [-0.25, -0.2) is 9.97 Å². The molecule has 0 aromatic carbocycles. The Balaban J connectivity index is 2.85. The van der Waals surface area contributed by atoms with Crippen LogP contribution >= 0.6 is 23.4 Å². The summed E-state index contributed by atoms with van der Waals surface area (Å²) in [7, 11) is 0. The quantitative estimate of drug-likeness (QED) is 0.419. The summed E-state index contributed by atoms with van der Waals surface area (Å²) < 4.78 is 0. The third-order valence-electron chi connectivity index (χ3n) is 1.14. The number of thioether (sulfide) groups is 1. The van der Waals surface area contributed by atoms with Crippen molar-refractivity contribution in [1.29, 1.82) is 0 Å². The highest BCUT2D eigenvalue weighted by molar-refractivity contribution is 7.99. The molecule has 0 radical (unpaired) electrons. The van der Waals surface area contributed by atoms with E-state index < -0.39 is 0 Å². The lowest BCUT2D eigenvalue weighted by Crippen LogP contribution is -1.94. The maximum atomic E-state index is 5.77. The topological polar surface area (TPSA) is 25.8 Å². The summed E-state index contributed by atoms with van der Waals surface area (Å²) in [6.45, 7) is 6.12. The second-order valence-electron chi connectivity index (χ2n) is 2.78. The van der Waals surface area contributed by atoms with E-state index in [2.05, 4.69) is 23.8 Å². The van der Waals surface area contributed by atoms with Crippen LogP contribution in [-0.4, -0.2) is 15.2 Å². The van der Waals surface area contributed by atoms with E-state index in [0.717, 1.165) is 10.9 Å². The predicted molar refractivity (Wildman–Crippen MR) is 52.8 cm³/mol. The lowest BCUT2D eigenvalue weighted by atomic mass is 10.5. The lowest BCUT2D eigenvalue weighted by Gasteiger charge is -2.03. The number of aryl methyl sites for hydroxylation is 1. The number of rotatable bonds is 2. The number of nitrogens with zero attached hydrogens (tertiary/aromatic N) is 2. The highest BCUT2D eigenvalue weighted by Gasteiger charge is 2.03. The lowest BCUT2D eigenvalue weighted by molar-refractivity contribution is 0.923. The molecule has 0 aliphatic carbocycles. The maximum Gasteiger partial charge on any atom is 0.189 e. The van der Waals surface area contributed by atoms with Gasteiger partial charge in [-0.15, -0.1) is 0 Å². The summed E-state index contributed by atoms with van der Waals surface area (Å²) in [5.41, 5.74) is 0.915. The van der Waals surface area contributed by atoms with Crippen molar-refractivity contribution in [1.82, 2.24) is 9.97 Å². The molecule has 1 aromatic rings. The summed E-state index contributed by atoms with van der Waals surface area (Å²) in [4.78, 5) is 8.33. The average molecular weight is 203 g/mol. The molecular formula is C8H11ClN2S. The first-order valence-electron chi connectivity index (χ1n) is 3.76. The van der Waals surface area contributed by atoms with Crippen LogP contribution in [0.4, 0.5) is 0 Å². The Morgan fingerprint density at radius 1 is 1.42 bits per heavy atom. The van der Waals surface area contributed by atoms with Crippen molar-refractivity contribution in [2.24, 2.45) is 0 Å². The van der Waals surface area contributed by atoms with E-state index >= 15 is 0 Å². The monoisotopic (exact) mass is 202 g/mol. The molecule has 0 saturated heterocycles. The second kappa shape index (κ2) is 4.10. The van der Waals surface area contributed by atoms with Crippen LogP contribution in [0.3, 0.4) is 0 Å². The highest BCUT2D eigenvalue weighted by atomic mass is 35.5. The van der Waals surface area contributed by atoms with Crippen LogP contribution in [0.25, 0.3) is 0 Å². The van der Waals surface area contributed by atoms with Gasteiger partial charge < -0.3 is 0 Å². The fraction of sp³-hybridized carbons (Fsp3) is 0.500. The highest BCUT2D eigenvalue weighted by Crippen LogP contribution is 2.20. The van der Waals surface area contributed by atoms with Crippen molar-refractivity contribution >= 4 is 23.4 Å². The van der Waals surface area contributed by atoms with E-state index in [-0.39, 0.29) is 0 Å². The van der Waals surface area contributed by atoms with Crippen molar-refractivity contribution in [2.45, 2.75) is 31.2 Å². The van der Waals surface area contributed by atoms with Crippen LogP contribution in [0, 0.1) is 6.92 Å². The van der Waals surface area contributed by atoms with Gasteiger partial charge in [-0.05, 0) is 13.0 Å². The van der Waals surface area contributed by atoms with Crippen LogP contribution in [0.1, 0.15) is 19.5 Å². The van der Waals surface area contributed by atoms with Gasteiger partial charge >= 0.3 is 0 Å². The number of hydrogen-bond acceptors (Lipinski definition) is 3. The zero-order valence-electron chi connectivity index (χ0n) is 7.34. The van der Waals surface area contributed by atoms with Gasteiger partial charge in [0.1, 0.15) is 5.15 Å². The van der Waals surface area contributed by atoms with Crippen LogP contribution in [-0.2, 0) is 0 Å². The molecule has 4 heteroatoms. The third-order valence-corrected chi connectivity index (χ3v) is 2.20. The minimum Gasteiger partial charge on any atom is -0.228 e. The molecule has 1 heterocycles. The predicted octanol–water partition coefficient (Wildman–Crippen LogP) is 2.94. The molecule has 0 aliphatic rings. The molecule has 0 bridgehead atoms. The van der Waals surface area contributed by atoms with Crippen LogP contribution < -0.4 is 0 Å². The second-order valence-corrected chi connectivity index (χ2v) is 4.71. The first-order valence-corrected chi connectivity index (χ1v) is 5.01. The number of halogens is 1. The van der Waals surface area contributed by atoms with Gasteiger partial charge in [0.05, 0.1) is 0 Å². The molecule has 0 aliphatic heterocycles. The van der Waals surface area contributed by atoms with Gasteiger partial charge in [0.25, 0.3) is 0 Å². The normalized spacial score (nSPS) is 10.8. The number of hydrogen-bond donors (Lipinski definition) is 0. The minimum atomic E-state index is 0.489. The first-order chi connectivity index (χ1) is 5.58. The molecule has 0 saturated carbocycles. The Hall–Kier alpha value is -0.280. The van der Waals surface area contributed by atoms with Crippen LogP contribution in [0.5, 0.6) is 0 Å². The Bertz CT molecular complexity index is 256. The fourth-order valence-electron chi connectivity index (χ4n) is 0.768. The SMILES string of the molecule is Cc1cc(Cl)nc(SC(C)C)n1. The average Bonchev–Trinajstić information content (AvgIpc) is 1.81. The smallest absolute Gasteiger partial charge is 0.189 e. The Kier molecular flexibility index (Phi) is 3.35. The molecule has 66 valence electrons. The summed E-state index contributed by atoms with van der Waals surface area (Å²) in [6.07, 6.45) is 0. The summed E-state index contributed by atoms with van der Waals surface area (Å²) >= 11 is 7.39. The van der Waals surface area contributed by atoms with Crippen molar-refractivity contribution in [2.75, 3.05) is 0 Å². The van der Waals surface area contributed by atoms with E-state index in [1.807, 2.05) is 6.92 Å². The third kappa shape index (κ3) is 2.99. The van der Waals surface area contributed by atoms with Crippen molar-refractivity contribution in [3.05, 3.63) is 16.9 Å². The molecule has 0 atom stereocenters. The summed E-state index contributed by atoms with van der Waals surface area (Å²) in [6, 6.07) is 1.76. The molecule has 2 nitrogen and oxygen atoms in total. The molecule has 1 aromatic heterocycles. The molecule has 0 spiro atoms. The molecule has 0 fully saturated rings. The van der Waals surface area contributed by atoms with Gasteiger partial charge in [0.2, 0.25) is 0 Å². The zero-order valence-corrected chi connectivity index (χ0v) is 8.91. The van der Waals surface area contributed by atoms with Gasteiger partial charge in [-0.1, -0.05) is 37.2 Å². The maximum absolute atomic E-state index is 5.77. The van der Waals surface area contributed by atoms with E-state index in [9.17, 15) is 0 Å². The van der Waals surface area contributed by atoms with Crippen LogP contribution in [0.2, 0.25) is 5.15 Å². The first kappa shape index (κ1) is 9.81. The molecule has 1 rings (SSSR count). The van der Waals surface area contributed by atoms with E-state index in [1.54, 1.807) is 17.8 Å². The molecule has 0 N–H and O–H groups in total. The van der Waals surface area contributed by atoms with Crippen molar-refractivity contribution in [3.8, 4) is 0 Å².